The maximum atomic E-state index is 12.8. The summed E-state index contributed by atoms with van der Waals surface area (Å²) < 4.78 is 0. The number of aromatic amines is 6. The second kappa shape index (κ2) is 40.1. The summed E-state index contributed by atoms with van der Waals surface area (Å²) in [5, 5.41) is 26.3. The Bertz CT molecular complexity index is 6050. The molecule has 18 nitrogen and oxygen atoms in total. The first kappa shape index (κ1) is 92.1. The van der Waals surface area contributed by atoms with E-state index < -0.39 is 0 Å². The third-order valence-corrected chi connectivity index (χ3v) is 28.6. The van der Waals surface area contributed by atoms with Gasteiger partial charge in [-0.3, -0.25) is 28.8 Å². The van der Waals surface area contributed by atoms with E-state index in [2.05, 4.69) is 245 Å². The molecule has 7 aliphatic carbocycles. The van der Waals surface area contributed by atoms with E-state index in [-0.39, 0.29) is 35.4 Å². The van der Waals surface area contributed by atoms with Gasteiger partial charge in [-0.25, -0.2) is 0 Å². The van der Waals surface area contributed by atoms with Gasteiger partial charge in [0.2, 0.25) is 0 Å². The summed E-state index contributed by atoms with van der Waals surface area (Å²) in [5.74, 6) is 3.71. The van der Waals surface area contributed by atoms with E-state index in [9.17, 15) is 28.8 Å². The van der Waals surface area contributed by atoms with E-state index in [0.717, 1.165) is 152 Å². The fraction of sp³-hybridized carbons (Fsp3) is 0.444. The maximum Gasteiger partial charge on any atom is 0.267 e. The van der Waals surface area contributed by atoms with Gasteiger partial charge in [-0.1, -0.05) is 127 Å². The first-order valence-corrected chi connectivity index (χ1v) is 47.2. The smallest absolute Gasteiger partial charge is 0.267 e. The van der Waals surface area contributed by atoms with Crippen LogP contribution in [0.2, 0.25) is 5.02 Å². The van der Waals surface area contributed by atoms with Crippen molar-refractivity contribution in [1.29, 1.82) is 0 Å². The molecule has 6 heterocycles. The first-order valence-electron chi connectivity index (χ1n) is 46.8. The number of aryl methyl sites for hydroxylation is 12. The Morgan fingerprint density at radius 1 is 0.331 bits per heavy atom. The van der Waals surface area contributed by atoms with Crippen LogP contribution in [0.1, 0.15) is 292 Å². The van der Waals surface area contributed by atoms with Crippen molar-refractivity contribution < 1.29 is 28.8 Å². The molecular formula is C108H135ClN12O6. The third-order valence-electron chi connectivity index (χ3n) is 28.3. The number of rotatable bonds is 13. The lowest BCUT2D eigenvalue weighted by Crippen LogP contribution is -2.60. The highest BCUT2D eigenvalue weighted by atomic mass is 35.5. The minimum Gasteiger partial charge on any atom is -0.351 e. The third kappa shape index (κ3) is 22.5. The number of carbonyl (C=O) groups is 6. The number of nitrogens with one attached hydrogen (secondary N) is 12. The minimum atomic E-state index is -0.117. The molecule has 7 saturated carbocycles. The minimum absolute atomic E-state index is 0.0279. The van der Waals surface area contributed by atoms with Crippen molar-refractivity contribution >= 4 is 112 Å². The van der Waals surface area contributed by atoms with E-state index in [1.54, 1.807) is 0 Å². The molecule has 0 saturated heterocycles. The summed E-state index contributed by atoms with van der Waals surface area (Å²) in [6.07, 6.45) is 22.4. The summed E-state index contributed by atoms with van der Waals surface area (Å²) in [5.41, 5.74) is 26.2. The van der Waals surface area contributed by atoms with E-state index in [0.29, 0.717) is 87.3 Å². The first-order chi connectivity index (χ1) is 60.6. The zero-order chi connectivity index (χ0) is 90.4. The van der Waals surface area contributed by atoms with Crippen LogP contribution in [0.15, 0.2) is 133 Å². The SMILES string of the molecule is Cc1cc(C)c2cc(C(=O)NC3CCC(C)CC3)[nH]c2c1.Cc1cc(C)c2cc(C(=O)NC3CCC(C)CC3)[nH]c2c1.Cc1cc(C)c2cc(C(=O)NC3CCCC3)[nH]c2c1.Cc1cc(C)c2cc(C(=O)NC3CCCCC3)[nH]c2c1.Cc1cc(C)c2cc(C(=O)NCc3cccc(Cl)c3)[nH]c2c1.Cc1cc(C)c2cc(C(=O)N[C@@H]3C[C@@H]4C[C@H]([C@H]3C)C4(C)C)[nH]c2c1. The Balaban J connectivity index is 0.000000124. The molecule has 7 aromatic carbocycles. The van der Waals surface area contributed by atoms with Gasteiger partial charge in [0, 0.05) is 107 Å². The van der Waals surface area contributed by atoms with Crippen molar-refractivity contribution in [3.8, 4) is 0 Å². The normalized spacial score (nSPS) is 20.1. The summed E-state index contributed by atoms with van der Waals surface area (Å²) in [7, 11) is 0. The lowest BCUT2D eigenvalue weighted by atomic mass is 9.45. The van der Waals surface area contributed by atoms with Crippen LogP contribution in [0.25, 0.3) is 65.4 Å². The molecule has 127 heavy (non-hydrogen) atoms. The molecule has 4 atom stereocenters. The van der Waals surface area contributed by atoms with Gasteiger partial charge in [0.1, 0.15) is 34.2 Å². The number of amides is 6. The molecule has 670 valence electrons. The van der Waals surface area contributed by atoms with Gasteiger partial charge in [-0.05, 0) is 365 Å². The number of hydrogen-bond acceptors (Lipinski definition) is 6. The van der Waals surface area contributed by atoms with Crippen LogP contribution in [0.4, 0.5) is 0 Å². The Labute approximate surface area is 754 Å². The van der Waals surface area contributed by atoms with Crippen molar-refractivity contribution in [2.75, 3.05) is 0 Å². The molecule has 0 aliphatic heterocycles. The molecule has 7 fully saturated rings. The number of carbonyl (C=O) groups excluding carboxylic acids is 6. The lowest BCUT2D eigenvalue weighted by Gasteiger charge is -2.62. The molecule has 7 aliphatic rings. The molecule has 0 unspecified atom stereocenters. The van der Waals surface area contributed by atoms with E-state index in [1.165, 1.54) is 131 Å². The highest BCUT2D eigenvalue weighted by Crippen LogP contribution is 2.61. The number of hydrogen-bond donors (Lipinski definition) is 12. The molecule has 6 amide bonds. The van der Waals surface area contributed by atoms with Crippen LogP contribution in [0.5, 0.6) is 0 Å². The lowest BCUT2D eigenvalue weighted by molar-refractivity contribution is -0.113. The Kier molecular flexibility index (Phi) is 29.0. The average molecular weight is 1730 g/mol. The summed E-state index contributed by atoms with van der Waals surface area (Å²) in [6, 6.07) is 46.4. The molecule has 2 bridgehead atoms. The molecule has 13 aromatic rings. The molecule has 0 radical (unpaired) electrons. The molecule has 6 aromatic heterocycles. The second-order valence-corrected chi connectivity index (χ2v) is 39.8. The Morgan fingerprint density at radius 3 is 0.890 bits per heavy atom. The maximum absolute atomic E-state index is 12.8. The number of fused-ring (bicyclic) bond motifs is 8. The Morgan fingerprint density at radius 2 is 0.606 bits per heavy atom. The summed E-state index contributed by atoms with van der Waals surface area (Å²) in [4.78, 5) is 94.0. The van der Waals surface area contributed by atoms with Gasteiger partial charge in [0.15, 0.2) is 0 Å². The van der Waals surface area contributed by atoms with Crippen LogP contribution in [0, 0.1) is 118 Å². The van der Waals surface area contributed by atoms with E-state index in [4.69, 9.17) is 11.6 Å². The number of halogens is 1. The predicted octanol–water partition coefficient (Wildman–Crippen LogP) is 24.4. The monoisotopic (exact) mass is 1730 g/mol. The van der Waals surface area contributed by atoms with Gasteiger partial charge in [0.05, 0.1) is 0 Å². The summed E-state index contributed by atoms with van der Waals surface area (Å²) in [6.45, 7) is 37.1. The average Bonchev–Trinajstić information content (AvgIpc) is 1.52. The molecule has 12 N–H and O–H groups in total. The van der Waals surface area contributed by atoms with Crippen LogP contribution in [-0.4, -0.2) is 95.6 Å². The zero-order valence-corrected chi connectivity index (χ0v) is 78.7. The standard InChI is InChI=1S/C21H28N2O.C18H17ClN2O.2C18H24N2O.C17H22N2O.C16H20N2O/c1-11-6-12(2)15-10-19(22-18(15)7-11)20(24)23-17-9-14-8-16(13(17)3)21(14,4)5;1-11-6-12(2)15-9-17(21-16(15)7-11)18(22)20-10-13-4-3-5-14(19)8-13;2*1-11-4-6-14(7-5-11)19-18(21)17-10-15-13(3)8-12(2)9-16(15)20-17;1-11-8-12(2)14-10-16(19-15(14)9-11)17(20)18-13-6-4-3-5-7-13;1-10-7-11(2)13-9-15(18-14(13)8-10)16(19)17-12-5-3-4-6-12/h6-7,10,13-14,16-17,22H,8-9H2,1-5H3,(H,23,24);3-9,21H,10H2,1-2H3,(H,20,22);2*8-11,14,20H,4-7H2,1-3H3,(H,19,21);8-10,13,19H,3-7H2,1-2H3,(H,18,20);7-9,12,18H,3-6H2,1-2H3,(H,17,19)/t13-,14+,16-,17-;;;;;/m1...../s1. The van der Waals surface area contributed by atoms with Crippen LogP contribution < -0.4 is 31.9 Å². The van der Waals surface area contributed by atoms with Crippen LogP contribution in [0.3, 0.4) is 0 Å². The zero-order valence-electron chi connectivity index (χ0n) is 77.9. The fourth-order valence-electron chi connectivity index (χ4n) is 21.0. The van der Waals surface area contributed by atoms with Crippen molar-refractivity contribution in [3.63, 3.8) is 0 Å². The molecular weight excluding hydrogens is 1600 g/mol. The highest BCUT2D eigenvalue weighted by Gasteiger charge is 2.56. The molecule has 19 heteroatoms. The largest absolute Gasteiger partial charge is 0.351 e. The van der Waals surface area contributed by atoms with Crippen LogP contribution >= 0.6 is 11.6 Å². The van der Waals surface area contributed by atoms with Crippen molar-refractivity contribution in [2.45, 2.75) is 276 Å². The Hall–Kier alpha value is -11.1. The topological polar surface area (TPSA) is 269 Å². The van der Waals surface area contributed by atoms with Crippen molar-refractivity contribution in [3.05, 3.63) is 245 Å². The summed E-state index contributed by atoms with van der Waals surface area (Å²) >= 11 is 5.94. The van der Waals surface area contributed by atoms with Gasteiger partial charge < -0.3 is 61.8 Å². The highest BCUT2D eigenvalue weighted by molar-refractivity contribution is 6.30. The second-order valence-electron chi connectivity index (χ2n) is 39.3. The van der Waals surface area contributed by atoms with E-state index >= 15 is 0 Å². The number of H-pyrrole nitrogens is 6. The van der Waals surface area contributed by atoms with Crippen molar-refractivity contribution in [2.24, 2.45) is 35.0 Å². The molecule has 20 rings (SSSR count). The van der Waals surface area contributed by atoms with E-state index in [1.807, 2.05) is 67.6 Å². The van der Waals surface area contributed by atoms with Gasteiger partial charge >= 0.3 is 0 Å². The number of benzene rings is 7. The van der Waals surface area contributed by atoms with Crippen LogP contribution in [-0.2, 0) is 6.54 Å². The quantitative estimate of drug-likeness (QED) is 0.0533. The van der Waals surface area contributed by atoms with Gasteiger partial charge in [-0.2, -0.15) is 0 Å². The fourth-order valence-corrected chi connectivity index (χ4v) is 21.2. The van der Waals surface area contributed by atoms with Crippen molar-refractivity contribution in [1.82, 2.24) is 61.8 Å². The van der Waals surface area contributed by atoms with Gasteiger partial charge in [0.25, 0.3) is 35.4 Å². The predicted molar refractivity (Wildman–Crippen MR) is 522 cm³/mol. The van der Waals surface area contributed by atoms with Gasteiger partial charge in [-0.15, -0.1) is 0 Å². The number of aromatic nitrogens is 6. The molecule has 0 spiro atoms.